The van der Waals surface area contributed by atoms with Gasteiger partial charge in [0.25, 0.3) is 5.91 Å². The summed E-state index contributed by atoms with van der Waals surface area (Å²) in [6.07, 6.45) is 1.65. The maximum atomic E-state index is 12.0. The molecule has 2 heterocycles. The first-order chi connectivity index (χ1) is 15.2. The molecule has 2 aromatic heterocycles. The predicted octanol–water partition coefficient (Wildman–Crippen LogP) is 4.27. The number of benzene rings is 2. The number of rotatable bonds is 8. The van der Waals surface area contributed by atoms with E-state index >= 15 is 0 Å². The fourth-order valence-electron chi connectivity index (χ4n) is 2.55. The molecule has 0 unspecified atom stereocenters. The molecule has 0 radical (unpaired) electrons. The third kappa shape index (κ3) is 5.80. The van der Waals surface area contributed by atoms with Crippen molar-refractivity contribution >= 4 is 17.5 Å². The van der Waals surface area contributed by atoms with Gasteiger partial charge in [0.15, 0.2) is 6.61 Å². The normalized spacial score (nSPS) is 10.5. The number of pyridine rings is 1. The van der Waals surface area contributed by atoms with Gasteiger partial charge < -0.3 is 19.3 Å². The average Bonchev–Trinajstić information content (AvgIpc) is 3.27. The van der Waals surface area contributed by atoms with E-state index in [9.17, 15) is 4.79 Å². The number of nitrogens with one attached hydrogen (secondary N) is 1. The lowest BCUT2D eigenvalue weighted by atomic mass is 10.2. The Morgan fingerprint density at radius 1 is 1.00 bits per heavy atom. The van der Waals surface area contributed by atoms with Crippen LogP contribution in [0.25, 0.3) is 11.4 Å². The highest BCUT2D eigenvalue weighted by Crippen LogP contribution is 2.22. The first kappa shape index (κ1) is 20.4. The Hall–Kier alpha value is -3.91. The van der Waals surface area contributed by atoms with Gasteiger partial charge in [-0.05, 0) is 54.6 Å². The summed E-state index contributed by atoms with van der Waals surface area (Å²) in [5.74, 6) is 2.03. The van der Waals surface area contributed by atoms with Crippen molar-refractivity contribution in [1.29, 1.82) is 0 Å². The predicted molar refractivity (Wildman–Crippen MR) is 113 cm³/mol. The van der Waals surface area contributed by atoms with Crippen molar-refractivity contribution in [3.05, 3.63) is 83.8 Å². The molecular weight excluding hydrogens is 420 g/mol. The van der Waals surface area contributed by atoms with Crippen LogP contribution in [0.3, 0.4) is 0 Å². The molecule has 2 aromatic carbocycles. The number of aromatic nitrogens is 3. The van der Waals surface area contributed by atoms with Crippen molar-refractivity contribution < 1.29 is 18.8 Å². The minimum absolute atomic E-state index is 0.0969. The molecule has 0 fully saturated rings. The van der Waals surface area contributed by atoms with Crippen LogP contribution in [0.1, 0.15) is 5.89 Å². The zero-order chi connectivity index (χ0) is 21.5. The first-order valence-electron chi connectivity index (χ1n) is 9.33. The number of hydrogen-bond acceptors (Lipinski definition) is 7. The largest absolute Gasteiger partial charge is 0.484 e. The van der Waals surface area contributed by atoms with Crippen LogP contribution in [0.2, 0.25) is 5.02 Å². The molecular formula is C22H17ClN4O4. The number of carbonyl (C=O) groups is 1. The fraction of sp³-hybridized carbons (Fsp3) is 0.0909. The second kappa shape index (κ2) is 9.73. The van der Waals surface area contributed by atoms with Crippen molar-refractivity contribution in [2.24, 2.45) is 0 Å². The lowest BCUT2D eigenvalue weighted by Crippen LogP contribution is -2.28. The van der Waals surface area contributed by atoms with Gasteiger partial charge in [0.1, 0.15) is 11.5 Å². The minimum Gasteiger partial charge on any atom is -0.484 e. The van der Waals surface area contributed by atoms with Gasteiger partial charge in [-0.3, -0.25) is 4.79 Å². The van der Waals surface area contributed by atoms with E-state index in [0.717, 1.165) is 5.56 Å². The molecule has 8 nitrogen and oxygen atoms in total. The van der Waals surface area contributed by atoms with Gasteiger partial charge in [0.2, 0.25) is 17.6 Å². The maximum absolute atomic E-state index is 12.0. The van der Waals surface area contributed by atoms with E-state index in [0.29, 0.717) is 28.2 Å². The molecule has 1 amide bonds. The third-order valence-electron chi connectivity index (χ3n) is 4.06. The van der Waals surface area contributed by atoms with Crippen molar-refractivity contribution in [2.45, 2.75) is 6.54 Å². The summed E-state index contributed by atoms with van der Waals surface area (Å²) in [6.45, 7) is -0.0573. The number of amides is 1. The molecule has 4 aromatic rings. The molecule has 0 saturated heterocycles. The standard InChI is InChI=1S/C22H17ClN4O4/c23-16-6-4-15(5-7-16)22-26-21(31-27-22)13-25-19(28)14-29-17-8-10-18(11-9-17)30-20-3-1-2-12-24-20/h1-12H,13-14H2,(H,25,28). The molecule has 156 valence electrons. The zero-order valence-electron chi connectivity index (χ0n) is 16.2. The van der Waals surface area contributed by atoms with E-state index < -0.39 is 0 Å². The van der Waals surface area contributed by atoms with Crippen molar-refractivity contribution in [3.8, 4) is 28.8 Å². The van der Waals surface area contributed by atoms with Gasteiger partial charge in [-0.2, -0.15) is 4.98 Å². The Morgan fingerprint density at radius 3 is 2.52 bits per heavy atom. The van der Waals surface area contributed by atoms with Crippen molar-refractivity contribution in [1.82, 2.24) is 20.4 Å². The Labute approximate surface area is 182 Å². The second-order valence-electron chi connectivity index (χ2n) is 6.33. The minimum atomic E-state index is -0.319. The summed E-state index contributed by atoms with van der Waals surface area (Å²) in [4.78, 5) is 20.4. The van der Waals surface area contributed by atoms with E-state index in [1.54, 1.807) is 60.8 Å². The smallest absolute Gasteiger partial charge is 0.258 e. The molecule has 0 aliphatic heterocycles. The molecule has 0 aliphatic carbocycles. The average molecular weight is 437 g/mol. The van der Waals surface area contributed by atoms with Gasteiger partial charge in [-0.15, -0.1) is 0 Å². The summed E-state index contributed by atoms with van der Waals surface area (Å²) in [5, 5.41) is 7.19. The fourth-order valence-corrected chi connectivity index (χ4v) is 2.68. The van der Waals surface area contributed by atoms with E-state index in [2.05, 4.69) is 20.4 Å². The molecule has 9 heteroatoms. The second-order valence-corrected chi connectivity index (χ2v) is 6.76. The number of hydrogen-bond donors (Lipinski definition) is 1. The van der Waals surface area contributed by atoms with Gasteiger partial charge in [-0.25, -0.2) is 4.98 Å². The van der Waals surface area contributed by atoms with E-state index in [4.69, 9.17) is 25.6 Å². The lowest BCUT2D eigenvalue weighted by molar-refractivity contribution is -0.123. The Kier molecular flexibility index (Phi) is 6.39. The Balaban J connectivity index is 1.23. The summed E-state index contributed by atoms with van der Waals surface area (Å²) in [5.41, 5.74) is 0.768. The number of ether oxygens (including phenoxy) is 2. The van der Waals surface area contributed by atoms with Crippen LogP contribution in [-0.4, -0.2) is 27.6 Å². The quantitative estimate of drug-likeness (QED) is 0.440. The van der Waals surface area contributed by atoms with Gasteiger partial charge in [0, 0.05) is 22.8 Å². The molecule has 4 rings (SSSR count). The molecule has 0 bridgehead atoms. The highest BCUT2D eigenvalue weighted by molar-refractivity contribution is 6.30. The van der Waals surface area contributed by atoms with Crippen molar-refractivity contribution in [3.63, 3.8) is 0 Å². The molecule has 31 heavy (non-hydrogen) atoms. The van der Waals surface area contributed by atoms with Crippen LogP contribution >= 0.6 is 11.6 Å². The Bertz CT molecular complexity index is 1130. The summed E-state index contributed by atoms with van der Waals surface area (Å²) in [6, 6.07) is 19.4. The lowest BCUT2D eigenvalue weighted by Gasteiger charge is -2.08. The highest BCUT2D eigenvalue weighted by atomic mass is 35.5. The molecule has 0 aliphatic rings. The first-order valence-corrected chi connectivity index (χ1v) is 9.70. The van der Waals surface area contributed by atoms with Crippen LogP contribution in [0.5, 0.6) is 17.4 Å². The van der Waals surface area contributed by atoms with Crippen molar-refractivity contribution in [2.75, 3.05) is 6.61 Å². The van der Waals surface area contributed by atoms with Gasteiger partial charge in [0.05, 0.1) is 6.54 Å². The van der Waals surface area contributed by atoms with Gasteiger partial charge in [-0.1, -0.05) is 22.8 Å². The van der Waals surface area contributed by atoms with Crippen LogP contribution in [0, 0.1) is 0 Å². The van der Waals surface area contributed by atoms with Crippen LogP contribution in [0.15, 0.2) is 77.4 Å². The summed E-state index contributed by atoms with van der Waals surface area (Å²) >= 11 is 5.87. The van der Waals surface area contributed by atoms with Crippen LogP contribution < -0.4 is 14.8 Å². The van der Waals surface area contributed by atoms with Crippen LogP contribution in [0.4, 0.5) is 0 Å². The van der Waals surface area contributed by atoms with E-state index in [1.807, 2.05) is 12.1 Å². The molecule has 0 atom stereocenters. The monoisotopic (exact) mass is 436 g/mol. The topological polar surface area (TPSA) is 99.4 Å². The zero-order valence-corrected chi connectivity index (χ0v) is 17.0. The van der Waals surface area contributed by atoms with Crippen LogP contribution in [-0.2, 0) is 11.3 Å². The van der Waals surface area contributed by atoms with E-state index in [-0.39, 0.29) is 24.9 Å². The van der Waals surface area contributed by atoms with E-state index in [1.165, 1.54) is 0 Å². The number of halogens is 1. The molecule has 0 spiro atoms. The number of carbonyl (C=O) groups excluding carboxylic acids is 1. The summed E-state index contributed by atoms with van der Waals surface area (Å²) in [7, 11) is 0. The SMILES string of the molecule is O=C(COc1ccc(Oc2ccccn2)cc1)NCc1nc(-c2ccc(Cl)cc2)no1. The maximum Gasteiger partial charge on any atom is 0.258 e. The summed E-state index contributed by atoms with van der Waals surface area (Å²) < 4.78 is 16.3. The molecule has 0 saturated carbocycles. The Morgan fingerprint density at radius 2 is 1.77 bits per heavy atom. The van der Waals surface area contributed by atoms with Gasteiger partial charge >= 0.3 is 0 Å². The highest BCUT2D eigenvalue weighted by Gasteiger charge is 2.10. The number of nitrogens with zero attached hydrogens (tertiary/aromatic N) is 3. The third-order valence-corrected chi connectivity index (χ3v) is 4.31. The molecule has 1 N–H and O–H groups in total.